The first-order chi connectivity index (χ1) is 8.22. The van der Waals surface area contributed by atoms with Gasteiger partial charge in [0.2, 0.25) is 0 Å². The molecule has 1 aromatic rings. The van der Waals surface area contributed by atoms with Crippen LogP contribution in [0.4, 0.5) is 4.39 Å². The molecular formula is C14H21FN2. The summed E-state index contributed by atoms with van der Waals surface area (Å²) in [6.45, 7) is 1.98. The van der Waals surface area contributed by atoms with E-state index in [1.165, 1.54) is 25.3 Å². The maximum absolute atomic E-state index is 13.9. The normalized spacial score (nSPS) is 19.2. The van der Waals surface area contributed by atoms with E-state index in [0.29, 0.717) is 5.92 Å². The molecule has 3 heteroatoms. The van der Waals surface area contributed by atoms with Crippen molar-refractivity contribution in [1.82, 2.24) is 5.43 Å². The Morgan fingerprint density at radius 1 is 1.29 bits per heavy atom. The maximum atomic E-state index is 13.9. The van der Waals surface area contributed by atoms with E-state index in [1.54, 1.807) is 6.07 Å². The van der Waals surface area contributed by atoms with Gasteiger partial charge >= 0.3 is 0 Å². The van der Waals surface area contributed by atoms with Crippen LogP contribution in [-0.2, 0) is 0 Å². The quantitative estimate of drug-likeness (QED) is 0.624. The van der Waals surface area contributed by atoms with Gasteiger partial charge in [-0.25, -0.2) is 4.39 Å². The second kappa shape index (κ2) is 5.61. The summed E-state index contributed by atoms with van der Waals surface area (Å²) in [5.74, 6) is 5.95. The molecule has 0 amide bonds. The van der Waals surface area contributed by atoms with Gasteiger partial charge < -0.3 is 0 Å². The first-order valence-electron chi connectivity index (χ1n) is 6.44. The molecule has 1 aliphatic rings. The number of benzene rings is 1. The number of hydrogen-bond acceptors (Lipinski definition) is 2. The van der Waals surface area contributed by atoms with Crippen molar-refractivity contribution in [2.45, 2.75) is 45.1 Å². The van der Waals surface area contributed by atoms with Crippen LogP contribution in [0.3, 0.4) is 0 Å². The van der Waals surface area contributed by atoms with Crippen LogP contribution in [0.25, 0.3) is 0 Å². The molecule has 17 heavy (non-hydrogen) atoms. The Hall–Kier alpha value is -0.930. The van der Waals surface area contributed by atoms with Gasteiger partial charge in [0.05, 0.1) is 6.04 Å². The molecule has 1 atom stereocenters. The Labute approximate surface area is 102 Å². The Morgan fingerprint density at radius 3 is 2.65 bits per heavy atom. The molecule has 94 valence electrons. The number of hydrazine groups is 1. The SMILES string of the molecule is Cc1ccc(F)c(C(NN)C2CCCCC2)c1. The summed E-state index contributed by atoms with van der Waals surface area (Å²) in [5.41, 5.74) is 4.62. The number of rotatable bonds is 3. The van der Waals surface area contributed by atoms with E-state index >= 15 is 0 Å². The zero-order valence-electron chi connectivity index (χ0n) is 10.4. The fourth-order valence-electron chi connectivity index (χ4n) is 2.85. The lowest BCUT2D eigenvalue weighted by atomic mass is 9.81. The van der Waals surface area contributed by atoms with Crippen LogP contribution in [-0.4, -0.2) is 0 Å². The number of aryl methyl sites for hydroxylation is 1. The molecule has 2 rings (SSSR count). The van der Waals surface area contributed by atoms with E-state index < -0.39 is 0 Å². The van der Waals surface area contributed by atoms with Crippen molar-refractivity contribution in [2.24, 2.45) is 11.8 Å². The lowest BCUT2D eigenvalue weighted by Gasteiger charge is -2.30. The largest absolute Gasteiger partial charge is 0.271 e. The van der Waals surface area contributed by atoms with Gasteiger partial charge in [-0.15, -0.1) is 0 Å². The average molecular weight is 236 g/mol. The van der Waals surface area contributed by atoms with Crippen LogP contribution in [0.15, 0.2) is 18.2 Å². The van der Waals surface area contributed by atoms with Gasteiger partial charge in [0.25, 0.3) is 0 Å². The molecule has 2 nitrogen and oxygen atoms in total. The van der Waals surface area contributed by atoms with Gasteiger partial charge in [0.1, 0.15) is 5.82 Å². The highest BCUT2D eigenvalue weighted by Gasteiger charge is 2.26. The number of halogens is 1. The lowest BCUT2D eigenvalue weighted by Crippen LogP contribution is -2.35. The van der Waals surface area contributed by atoms with Crippen LogP contribution >= 0.6 is 0 Å². The van der Waals surface area contributed by atoms with Gasteiger partial charge in [0, 0.05) is 5.56 Å². The molecule has 0 aromatic heterocycles. The van der Waals surface area contributed by atoms with Crippen molar-refractivity contribution in [3.05, 3.63) is 35.1 Å². The van der Waals surface area contributed by atoms with Crippen molar-refractivity contribution >= 4 is 0 Å². The molecule has 1 aromatic carbocycles. The molecule has 0 saturated heterocycles. The number of nitrogens with one attached hydrogen (secondary N) is 1. The summed E-state index contributed by atoms with van der Waals surface area (Å²) in [4.78, 5) is 0. The highest BCUT2D eigenvalue weighted by atomic mass is 19.1. The van der Waals surface area contributed by atoms with Gasteiger partial charge in [-0.2, -0.15) is 0 Å². The molecule has 0 bridgehead atoms. The summed E-state index contributed by atoms with van der Waals surface area (Å²) in [6.07, 6.45) is 6.04. The molecule has 1 saturated carbocycles. The predicted molar refractivity (Wildman–Crippen MR) is 67.8 cm³/mol. The third-order valence-corrected chi connectivity index (χ3v) is 3.79. The minimum absolute atomic E-state index is 0.0461. The highest BCUT2D eigenvalue weighted by molar-refractivity contribution is 5.27. The smallest absolute Gasteiger partial charge is 0.128 e. The van der Waals surface area contributed by atoms with Crippen LogP contribution in [0.1, 0.15) is 49.3 Å². The molecule has 3 N–H and O–H groups in total. The van der Waals surface area contributed by atoms with Gasteiger partial charge in [-0.1, -0.05) is 37.0 Å². The van der Waals surface area contributed by atoms with Gasteiger partial charge in [0.15, 0.2) is 0 Å². The summed E-state index contributed by atoms with van der Waals surface area (Å²) in [6, 6.07) is 5.20. The molecule has 1 fully saturated rings. The zero-order chi connectivity index (χ0) is 12.3. The molecule has 0 aliphatic heterocycles. The Bertz CT molecular complexity index is 372. The van der Waals surface area contributed by atoms with Crippen molar-refractivity contribution < 1.29 is 4.39 Å². The first kappa shape index (κ1) is 12.5. The fourth-order valence-corrected chi connectivity index (χ4v) is 2.85. The van der Waals surface area contributed by atoms with Crippen molar-refractivity contribution in [1.29, 1.82) is 0 Å². The van der Waals surface area contributed by atoms with Crippen molar-refractivity contribution in [3.63, 3.8) is 0 Å². The number of hydrogen-bond donors (Lipinski definition) is 2. The number of nitrogens with two attached hydrogens (primary N) is 1. The van der Waals surface area contributed by atoms with E-state index in [4.69, 9.17) is 5.84 Å². The molecular weight excluding hydrogens is 215 g/mol. The predicted octanol–water partition coefficient (Wildman–Crippen LogP) is 3.22. The molecule has 0 radical (unpaired) electrons. The van der Waals surface area contributed by atoms with E-state index in [0.717, 1.165) is 24.0 Å². The highest BCUT2D eigenvalue weighted by Crippen LogP contribution is 2.35. The third kappa shape index (κ3) is 2.85. The Morgan fingerprint density at radius 2 is 2.00 bits per heavy atom. The minimum Gasteiger partial charge on any atom is -0.271 e. The van der Waals surface area contributed by atoms with Gasteiger partial charge in [-0.3, -0.25) is 11.3 Å². The second-order valence-corrected chi connectivity index (χ2v) is 5.07. The van der Waals surface area contributed by atoms with E-state index in [1.807, 2.05) is 13.0 Å². The maximum Gasteiger partial charge on any atom is 0.128 e. The second-order valence-electron chi connectivity index (χ2n) is 5.07. The van der Waals surface area contributed by atoms with Crippen LogP contribution in [0, 0.1) is 18.7 Å². The summed E-state index contributed by atoms with van der Waals surface area (Å²) < 4.78 is 13.9. The molecule has 1 unspecified atom stereocenters. The summed E-state index contributed by atoms with van der Waals surface area (Å²) in [5, 5.41) is 0. The Balaban J connectivity index is 2.24. The van der Waals surface area contributed by atoms with Crippen molar-refractivity contribution in [2.75, 3.05) is 0 Å². The standard InChI is InChI=1S/C14H21FN2/c1-10-7-8-13(15)12(9-10)14(17-16)11-5-3-2-4-6-11/h7-9,11,14,17H,2-6,16H2,1H3. The monoisotopic (exact) mass is 236 g/mol. The van der Waals surface area contributed by atoms with E-state index in [-0.39, 0.29) is 11.9 Å². The molecule has 1 aliphatic carbocycles. The zero-order valence-corrected chi connectivity index (χ0v) is 10.4. The summed E-state index contributed by atoms with van der Waals surface area (Å²) in [7, 11) is 0. The van der Waals surface area contributed by atoms with Crippen molar-refractivity contribution in [3.8, 4) is 0 Å². The van der Waals surface area contributed by atoms with Crippen LogP contribution in [0.2, 0.25) is 0 Å². The van der Waals surface area contributed by atoms with E-state index in [2.05, 4.69) is 5.43 Å². The van der Waals surface area contributed by atoms with E-state index in [9.17, 15) is 4.39 Å². The topological polar surface area (TPSA) is 38.0 Å². The Kier molecular flexibility index (Phi) is 4.13. The fraction of sp³-hybridized carbons (Fsp3) is 0.571. The van der Waals surface area contributed by atoms with Crippen LogP contribution < -0.4 is 11.3 Å². The summed E-state index contributed by atoms with van der Waals surface area (Å²) >= 11 is 0. The third-order valence-electron chi connectivity index (χ3n) is 3.79. The average Bonchev–Trinajstić information content (AvgIpc) is 2.36. The lowest BCUT2D eigenvalue weighted by molar-refractivity contribution is 0.268. The molecule has 0 heterocycles. The van der Waals surface area contributed by atoms with Crippen LogP contribution in [0.5, 0.6) is 0 Å². The minimum atomic E-state index is -0.149. The molecule has 0 spiro atoms. The van der Waals surface area contributed by atoms with Gasteiger partial charge in [-0.05, 0) is 31.7 Å². The first-order valence-corrected chi connectivity index (χ1v) is 6.44.